The van der Waals surface area contributed by atoms with Crippen LogP contribution < -0.4 is 10.6 Å². The van der Waals surface area contributed by atoms with Crippen molar-refractivity contribution in [1.82, 2.24) is 14.8 Å². The number of hydrogen-bond donors (Lipinski definition) is 1. The average Bonchev–Trinajstić information content (AvgIpc) is 3.11. The number of anilines is 2. The highest BCUT2D eigenvalue weighted by Gasteiger charge is 2.34. The molecule has 1 aliphatic heterocycles. The van der Waals surface area contributed by atoms with E-state index in [-0.39, 0.29) is 30.0 Å². The van der Waals surface area contributed by atoms with Crippen LogP contribution in [0.3, 0.4) is 0 Å². The molecular weight excluding hydrogens is 413 g/mol. The largest absolute Gasteiger partial charge is 0.383 e. The zero-order chi connectivity index (χ0) is 20.7. The Kier molecular flexibility index (Phi) is 5.02. The Hall–Kier alpha value is -2.90. The van der Waals surface area contributed by atoms with E-state index < -0.39 is 0 Å². The third kappa shape index (κ3) is 3.47. The minimum absolute atomic E-state index is 0.00109. The second-order valence-electron chi connectivity index (χ2n) is 6.86. The van der Waals surface area contributed by atoms with Gasteiger partial charge in [0, 0.05) is 30.4 Å². The zero-order valence-electron chi connectivity index (χ0n) is 15.5. The van der Waals surface area contributed by atoms with Gasteiger partial charge in [-0.25, -0.2) is 4.98 Å². The van der Waals surface area contributed by atoms with E-state index >= 15 is 0 Å². The molecule has 29 heavy (non-hydrogen) atoms. The predicted octanol–water partition coefficient (Wildman–Crippen LogP) is 3.81. The first-order chi connectivity index (χ1) is 13.9. The molecule has 3 aromatic rings. The smallest absolute Gasteiger partial charge is 0.276 e. The fourth-order valence-electron chi connectivity index (χ4n) is 3.45. The van der Waals surface area contributed by atoms with Crippen LogP contribution in [0.1, 0.15) is 39.4 Å². The minimum atomic E-state index is -0.249. The molecule has 0 spiro atoms. The summed E-state index contributed by atoms with van der Waals surface area (Å²) in [6.07, 6.45) is 3.08. The molecule has 1 aromatic carbocycles. The third-order valence-corrected chi connectivity index (χ3v) is 5.63. The Morgan fingerprint density at radius 1 is 1.28 bits per heavy atom. The number of Topliss-reactive ketones (excluding diaryl/α,β-unsaturated/α-hetero) is 1. The maximum absolute atomic E-state index is 13.3. The molecule has 7 nitrogen and oxygen atoms in total. The molecule has 4 rings (SSSR count). The van der Waals surface area contributed by atoms with Crippen molar-refractivity contribution in [3.63, 3.8) is 0 Å². The lowest BCUT2D eigenvalue weighted by molar-refractivity contribution is 0.0951. The number of nitrogens with two attached hydrogens (primary N) is 1. The van der Waals surface area contributed by atoms with E-state index in [0.29, 0.717) is 39.1 Å². The summed E-state index contributed by atoms with van der Waals surface area (Å²) in [6, 6.07) is 8.24. The first-order valence-electron chi connectivity index (χ1n) is 8.93. The summed E-state index contributed by atoms with van der Waals surface area (Å²) in [5, 5.41) is 5.12. The Bertz CT molecular complexity index is 1130. The monoisotopic (exact) mass is 429 g/mol. The van der Waals surface area contributed by atoms with Gasteiger partial charge in [-0.3, -0.25) is 14.3 Å². The van der Waals surface area contributed by atoms with E-state index in [1.807, 2.05) is 6.92 Å². The number of nitrogens with zero attached hydrogens (tertiary/aromatic N) is 4. The van der Waals surface area contributed by atoms with Gasteiger partial charge < -0.3 is 10.6 Å². The second-order valence-corrected chi connectivity index (χ2v) is 7.68. The van der Waals surface area contributed by atoms with E-state index in [9.17, 15) is 9.59 Å². The summed E-state index contributed by atoms with van der Waals surface area (Å²) >= 11 is 12.1. The van der Waals surface area contributed by atoms with Crippen LogP contribution in [0.2, 0.25) is 10.0 Å². The first-order valence-corrected chi connectivity index (χ1v) is 9.69. The van der Waals surface area contributed by atoms with E-state index in [1.165, 1.54) is 6.20 Å². The van der Waals surface area contributed by atoms with Gasteiger partial charge in [0.2, 0.25) is 0 Å². The molecule has 0 aliphatic carbocycles. The lowest BCUT2D eigenvalue weighted by Crippen LogP contribution is -2.43. The lowest BCUT2D eigenvalue weighted by atomic mass is 10.0. The summed E-state index contributed by atoms with van der Waals surface area (Å²) in [4.78, 5) is 31.6. The molecule has 0 saturated heterocycles. The topological polar surface area (TPSA) is 94.1 Å². The van der Waals surface area contributed by atoms with Gasteiger partial charge in [0.05, 0.1) is 27.8 Å². The van der Waals surface area contributed by atoms with Gasteiger partial charge in [-0.05, 0) is 37.3 Å². The van der Waals surface area contributed by atoms with Gasteiger partial charge in [-0.1, -0.05) is 23.2 Å². The number of nitrogen functional groups attached to an aromatic ring is 1. The molecule has 2 N–H and O–H groups in total. The van der Waals surface area contributed by atoms with Crippen LogP contribution in [-0.4, -0.2) is 33.0 Å². The lowest BCUT2D eigenvalue weighted by Gasteiger charge is -2.32. The highest BCUT2D eigenvalue weighted by molar-refractivity contribution is 6.42. The van der Waals surface area contributed by atoms with Crippen molar-refractivity contribution in [2.75, 3.05) is 17.2 Å². The van der Waals surface area contributed by atoms with Crippen molar-refractivity contribution >= 4 is 46.4 Å². The van der Waals surface area contributed by atoms with Gasteiger partial charge in [0.25, 0.3) is 5.91 Å². The standard InChI is InChI=1S/C20H17Cl2N5O2/c1-11-10-26(13-4-5-15(21)16(22)8-13)20(29)18-12(9-25-27(11)18)7-17(28)14-3-2-6-24-19(14)23/h2-6,8-9,11H,7,10H2,1H3,(H2,23,24)/t11-/m0/s1. The van der Waals surface area contributed by atoms with Gasteiger partial charge in [0.1, 0.15) is 11.5 Å². The normalized spacial score (nSPS) is 16.0. The maximum Gasteiger partial charge on any atom is 0.276 e. The van der Waals surface area contributed by atoms with Crippen molar-refractivity contribution in [2.45, 2.75) is 19.4 Å². The van der Waals surface area contributed by atoms with Crippen molar-refractivity contribution in [3.8, 4) is 0 Å². The molecule has 0 bridgehead atoms. The van der Waals surface area contributed by atoms with E-state index in [0.717, 1.165) is 0 Å². The molecule has 9 heteroatoms. The summed E-state index contributed by atoms with van der Waals surface area (Å²) < 4.78 is 1.66. The molecule has 1 atom stereocenters. The Morgan fingerprint density at radius 2 is 2.07 bits per heavy atom. The van der Waals surface area contributed by atoms with Crippen molar-refractivity contribution < 1.29 is 9.59 Å². The van der Waals surface area contributed by atoms with Crippen molar-refractivity contribution in [1.29, 1.82) is 0 Å². The number of rotatable bonds is 4. The zero-order valence-corrected chi connectivity index (χ0v) is 17.0. The molecule has 148 valence electrons. The Balaban J connectivity index is 1.68. The van der Waals surface area contributed by atoms with Crippen LogP contribution in [0.15, 0.2) is 42.7 Å². The number of hydrogen-bond acceptors (Lipinski definition) is 5. The van der Waals surface area contributed by atoms with Gasteiger partial charge in [-0.15, -0.1) is 0 Å². The summed E-state index contributed by atoms with van der Waals surface area (Å²) in [5.41, 5.74) is 7.69. The maximum atomic E-state index is 13.3. The number of ketones is 1. The van der Waals surface area contributed by atoms with Crippen LogP contribution in [-0.2, 0) is 6.42 Å². The molecule has 1 aliphatic rings. The summed E-state index contributed by atoms with van der Waals surface area (Å²) in [5.74, 6) is -0.310. The predicted molar refractivity (Wildman–Crippen MR) is 112 cm³/mol. The molecule has 3 heterocycles. The van der Waals surface area contributed by atoms with Gasteiger partial charge in [0.15, 0.2) is 5.78 Å². The number of carbonyl (C=O) groups is 2. The third-order valence-electron chi connectivity index (χ3n) is 4.89. The van der Waals surface area contributed by atoms with Crippen molar-refractivity contribution in [2.24, 2.45) is 0 Å². The number of amides is 1. The van der Waals surface area contributed by atoms with E-state index in [2.05, 4.69) is 10.1 Å². The number of pyridine rings is 1. The molecule has 0 unspecified atom stereocenters. The molecule has 0 saturated carbocycles. The fourth-order valence-corrected chi connectivity index (χ4v) is 3.74. The van der Waals surface area contributed by atoms with Crippen LogP contribution in [0.25, 0.3) is 0 Å². The Labute approximate surface area is 177 Å². The number of carbonyl (C=O) groups excluding carboxylic acids is 2. The molecule has 0 radical (unpaired) electrons. The number of benzene rings is 1. The Morgan fingerprint density at radius 3 is 2.79 bits per heavy atom. The van der Waals surface area contributed by atoms with Crippen LogP contribution in [0.4, 0.5) is 11.5 Å². The molecular formula is C20H17Cl2N5O2. The van der Waals surface area contributed by atoms with Crippen LogP contribution in [0, 0.1) is 0 Å². The SMILES string of the molecule is C[C@H]1CN(c2ccc(Cl)c(Cl)c2)C(=O)c2c(CC(=O)c3cccnc3N)cnn21. The van der Waals surface area contributed by atoms with Gasteiger partial charge in [-0.2, -0.15) is 5.10 Å². The molecule has 1 amide bonds. The van der Waals surface area contributed by atoms with E-state index in [1.54, 1.807) is 46.1 Å². The molecule has 2 aromatic heterocycles. The van der Waals surface area contributed by atoms with Crippen LogP contribution in [0.5, 0.6) is 0 Å². The van der Waals surface area contributed by atoms with Crippen molar-refractivity contribution in [3.05, 3.63) is 69.6 Å². The summed E-state index contributed by atoms with van der Waals surface area (Å²) in [7, 11) is 0. The second kappa shape index (κ2) is 7.50. The van der Waals surface area contributed by atoms with E-state index in [4.69, 9.17) is 28.9 Å². The fraction of sp³-hybridized carbons (Fsp3) is 0.200. The minimum Gasteiger partial charge on any atom is -0.383 e. The number of halogens is 2. The molecule has 0 fully saturated rings. The number of fused-ring (bicyclic) bond motifs is 1. The van der Waals surface area contributed by atoms with Gasteiger partial charge >= 0.3 is 0 Å². The number of aromatic nitrogens is 3. The highest BCUT2D eigenvalue weighted by atomic mass is 35.5. The first kappa shape index (κ1) is 19.4. The highest BCUT2D eigenvalue weighted by Crippen LogP contribution is 2.32. The van der Waals surface area contributed by atoms with Crippen LogP contribution >= 0.6 is 23.2 Å². The summed E-state index contributed by atoms with van der Waals surface area (Å²) in [6.45, 7) is 2.38. The quantitative estimate of drug-likeness (QED) is 0.636. The average molecular weight is 430 g/mol.